The van der Waals surface area contributed by atoms with Gasteiger partial charge in [0.25, 0.3) is 0 Å². The monoisotopic (exact) mass is 344 g/mol. The molecule has 0 aliphatic rings. The van der Waals surface area contributed by atoms with Gasteiger partial charge in [-0.25, -0.2) is 4.98 Å². The van der Waals surface area contributed by atoms with Gasteiger partial charge in [0.1, 0.15) is 5.82 Å². The number of pyridine rings is 1. The highest BCUT2D eigenvalue weighted by molar-refractivity contribution is 5.35. The van der Waals surface area contributed by atoms with Crippen LogP contribution in [0.3, 0.4) is 0 Å². The van der Waals surface area contributed by atoms with Crippen LogP contribution < -0.4 is 0 Å². The molecule has 2 heterocycles. The zero-order chi connectivity index (χ0) is 18.4. The zero-order valence-corrected chi connectivity index (χ0v) is 15.3. The fourth-order valence-electron chi connectivity index (χ4n) is 3.08. The van der Waals surface area contributed by atoms with Gasteiger partial charge in [-0.2, -0.15) is 0 Å². The molecule has 136 valence electrons. The molecule has 0 radical (unpaired) electrons. The Morgan fingerprint density at radius 2 is 1.84 bits per heavy atom. The molecule has 5 heteroatoms. The summed E-state index contributed by atoms with van der Waals surface area (Å²) in [5, 5.41) is 19.3. The first-order valence-corrected chi connectivity index (χ1v) is 8.57. The fourth-order valence-corrected chi connectivity index (χ4v) is 3.08. The van der Waals surface area contributed by atoms with Crippen molar-refractivity contribution < 1.29 is 14.9 Å². The molecule has 0 aromatic carbocycles. The lowest BCUT2D eigenvalue weighted by atomic mass is 9.97. The van der Waals surface area contributed by atoms with E-state index in [1.165, 1.54) is 0 Å². The van der Waals surface area contributed by atoms with Crippen LogP contribution in [-0.4, -0.2) is 45.7 Å². The van der Waals surface area contributed by atoms with Crippen molar-refractivity contribution in [1.82, 2.24) is 9.55 Å². The fraction of sp³-hybridized carbons (Fsp3) is 0.450. The van der Waals surface area contributed by atoms with Crippen LogP contribution in [0.5, 0.6) is 0 Å². The Hall–Kier alpha value is -1.95. The number of aliphatic hydroxyl groups is 2. The minimum atomic E-state index is -0.441. The molecule has 0 saturated heterocycles. The Morgan fingerprint density at radius 3 is 2.40 bits per heavy atom. The second-order valence-electron chi connectivity index (χ2n) is 6.44. The van der Waals surface area contributed by atoms with E-state index in [-0.39, 0.29) is 19.1 Å². The van der Waals surface area contributed by atoms with Gasteiger partial charge in [0.2, 0.25) is 0 Å². The minimum Gasteiger partial charge on any atom is -0.396 e. The smallest absolute Gasteiger partial charge is 0.137 e. The van der Waals surface area contributed by atoms with Crippen molar-refractivity contribution in [3.05, 3.63) is 59.6 Å². The Labute approximate surface area is 149 Å². The predicted molar refractivity (Wildman–Crippen MR) is 99.1 cm³/mol. The standard InChI is InChI=1S/C20H28N2O3/c1-5-8-25-19(13-24)17(12-23)11-18-9-14(2)10-20(21-18)22-15(3)6-7-16(22)4/h5-7,9-10,17,19,23-24H,1,8,11-13H2,2-4H3/t17-,19+/m1/s1. The summed E-state index contributed by atoms with van der Waals surface area (Å²) in [5.41, 5.74) is 4.24. The quantitative estimate of drug-likeness (QED) is 0.686. The Balaban J connectivity index is 2.28. The lowest BCUT2D eigenvalue weighted by Gasteiger charge is -2.24. The second-order valence-corrected chi connectivity index (χ2v) is 6.44. The number of nitrogens with zero attached hydrogens (tertiary/aromatic N) is 2. The van der Waals surface area contributed by atoms with Gasteiger partial charge in [-0.3, -0.25) is 0 Å². The van der Waals surface area contributed by atoms with E-state index in [4.69, 9.17) is 9.72 Å². The second kappa shape index (κ2) is 8.94. The molecule has 0 aliphatic heterocycles. The highest BCUT2D eigenvalue weighted by Gasteiger charge is 2.22. The van der Waals surface area contributed by atoms with Crippen molar-refractivity contribution in [1.29, 1.82) is 0 Å². The summed E-state index contributed by atoms with van der Waals surface area (Å²) < 4.78 is 7.69. The predicted octanol–water partition coefficient (Wildman–Crippen LogP) is 2.51. The van der Waals surface area contributed by atoms with E-state index >= 15 is 0 Å². The molecular formula is C20H28N2O3. The number of aryl methyl sites for hydroxylation is 3. The lowest BCUT2D eigenvalue weighted by molar-refractivity contribution is -0.0261. The molecule has 0 aliphatic carbocycles. The molecule has 2 N–H and O–H groups in total. The van der Waals surface area contributed by atoms with Gasteiger partial charge in [0, 0.05) is 29.6 Å². The molecule has 0 spiro atoms. The van der Waals surface area contributed by atoms with Crippen LogP contribution in [0.4, 0.5) is 0 Å². The molecule has 2 aromatic heterocycles. The molecule has 0 amide bonds. The van der Waals surface area contributed by atoms with Crippen molar-refractivity contribution >= 4 is 0 Å². The van der Waals surface area contributed by atoms with Crippen LogP contribution in [0.1, 0.15) is 22.6 Å². The first-order valence-electron chi connectivity index (χ1n) is 8.57. The summed E-state index contributed by atoms with van der Waals surface area (Å²) in [6, 6.07) is 8.21. The molecule has 25 heavy (non-hydrogen) atoms. The molecule has 0 saturated carbocycles. The van der Waals surface area contributed by atoms with Crippen molar-refractivity contribution in [2.45, 2.75) is 33.3 Å². The number of ether oxygens (including phenoxy) is 1. The number of aromatic nitrogens is 2. The van der Waals surface area contributed by atoms with Crippen LogP contribution in [-0.2, 0) is 11.2 Å². The van der Waals surface area contributed by atoms with E-state index in [2.05, 4.69) is 43.2 Å². The van der Waals surface area contributed by atoms with Crippen molar-refractivity contribution in [3.63, 3.8) is 0 Å². The van der Waals surface area contributed by atoms with Gasteiger partial charge >= 0.3 is 0 Å². The first-order chi connectivity index (χ1) is 12.0. The molecule has 0 unspecified atom stereocenters. The summed E-state index contributed by atoms with van der Waals surface area (Å²) >= 11 is 0. The third-order valence-corrected chi connectivity index (χ3v) is 4.35. The molecular weight excluding hydrogens is 316 g/mol. The minimum absolute atomic E-state index is 0.0745. The average Bonchev–Trinajstić information content (AvgIpc) is 2.92. The molecule has 0 fully saturated rings. The normalized spacial score (nSPS) is 13.6. The molecule has 2 rings (SSSR count). The van der Waals surface area contributed by atoms with Crippen LogP contribution in [0, 0.1) is 26.7 Å². The van der Waals surface area contributed by atoms with Gasteiger partial charge in [-0.1, -0.05) is 6.08 Å². The van der Waals surface area contributed by atoms with E-state index in [1.807, 2.05) is 13.0 Å². The lowest BCUT2D eigenvalue weighted by Crippen LogP contribution is -2.32. The summed E-state index contributed by atoms with van der Waals surface area (Å²) in [6.07, 6.45) is 1.73. The van der Waals surface area contributed by atoms with Crippen LogP contribution in [0.25, 0.3) is 5.82 Å². The number of aliphatic hydroxyl groups excluding tert-OH is 2. The van der Waals surface area contributed by atoms with Crippen molar-refractivity contribution in [2.75, 3.05) is 19.8 Å². The highest BCUT2D eigenvalue weighted by atomic mass is 16.5. The Morgan fingerprint density at radius 1 is 1.16 bits per heavy atom. The van der Waals surface area contributed by atoms with Gasteiger partial charge in [-0.05, 0) is 57.0 Å². The van der Waals surface area contributed by atoms with Crippen LogP contribution in [0.15, 0.2) is 36.9 Å². The largest absolute Gasteiger partial charge is 0.396 e. The van der Waals surface area contributed by atoms with E-state index in [1.54, 1.807) is 6.08 Å². The summed E-state index contributed by atoms with van der Waals surface area (Å²) in [5.74, 6) is 0.651. The first kappa shape index (κ1) is 19.4. The maximum Gasteiger partial charge on any atom is 0.137 e. The number of hydrogen-bond donors (Lipinski definition) is 2. The maximum absolute atomic E-state index is 9.75. The van der Waals surface area contributed by atoms with E-state index < -0.39 is 6.10 Å². The topological polar surface area (TPSA) is 67.5 Å². The van der Waals surface area contributed by atoms with Gasteiger partial charge < -0.3 is 19.5 Å². The van der Waals surface area contributed by atoms with Gasteiger partial charge in [0.15, 0.2) is 0 Å². The molecule has 0 bridgehead atoms. The van der Waals surface area contributed by atoms with Crippen molar-refractivity contribution in [3.8, 4) is 5.82 Å². The molecule has 2 atom stereocenters. The van der Waals surface area contributed by atoms with Gasteiger partial charge in [0.05, 0.1) is 19.3 Å². The average molecular weight is 344 g/mol. The Bertz CT molecular complexity index is 689. The van der Waals surface area contributed by atoms with Crippen molar-refractivity contribution in [2.24, 2.45) is 5.92 Å². The molecule has 2 aromatic rings. The third kappa shape index (κ3) is 4.78. The maximum atomic E-state index is 9.75. The number of hydrogen-bond acceptors (Lipinski definition) is 4. The van der Waals surface area contributed by atoms with Crippen LogP contribution >= 0.6 is 0 Å². The SMILES string of the molecule is C=CCO[C@@H](CO)[C@@H](CO)Cc1cc(C)cc(-n2c(C)ccc2C)n1. The Kier molecular flexibility index (Phi) is 6.93. The third-order valence-electron chi connectivity index (χ3n) is 4.35. The summed E-state index contributed by atoms with van der Waals surface area (Å²) in [4.78, 5) is 4.78. The van der Waals surface area contributed by atoms with E-state index in [0.717, 1.165) is 28.5 Å². The highest BCUT2D eigenvalue weighted by Crippen LogP contribution is 2.20. The summed E-state index contributed by atoms with van der Waals surface area (Å²) in [7, 11) is 0. The van der Waals surface area contributed by atoms with E-state index in [0.29, 0.717) is 13.0 Å². The van der Waals surface area contributed by atoms with Crippen LogP contribution in [0.2, 0.25) is 0 Å². The zero-order valence-electron chi connectivity index (χ0n) is 15.3. The van der Waals surface area contributed by atoms with E-state index in [9.17, 15) is 10.2 Å². The molecule has 5 nitrogen and oxygen atoms in total. The number of rotatable bonds is 9. The van der Waals surface area contributed by atoms with Gasteiger partial charge in [-0.15, -0.1) is 6.58 Å². The summed E-state index contributed by atoms with van der Waals surface area (Å²) in [6.45, 7) is 9.89.